The van der Waals surface area contributed by atoms with Crippen LogP contribution >= 0.6 is 0 Å². The normalized spacial score (nSPS) is 20.3. The highest BCUT2D eigenvalue weighted by Gasteiger charge is 2.53. The van der Waals surface area contributed by atoms with Gasteiger partial charge in [-0.2, -0.15) is 0 Å². The molecule has 0 heterocycles. The van der Waals surface area contributed by atoms with Gasteiger partial charge in [0.15, 0.2) is 6.10 Å². The fourth-order valence-corrected chi connectivity index (χ4v) is 5.43. The van der Waals surface area contributed by atoms with E-state index in [1.54, 1.807) is 84.9 Å². The first-order valence-corrected chi connectivity index (χ1v) is 16.0. The van der Waals surface area contributed by atoms with Gasteiger partial charge in [0.2, 0.25) is 5.91 Å². The summed E-state index contributed by atoms with van der Waals surface area (Å²) in [7, 11) is 1.51. The molecule has 0 spiro atoms. The molecule has 5 atom stereocenters. The van der Waals surface area contributed by atoms with Crippen LogP contribution in [0.1, 0.15) is 31.7 Å². The molecule has 266 valence electrons. The van der Waals surface area contributed by atoms with Crippen molar-refractivity contribution in [3.05, 3.63) is 90.5 Å². The van der Waals surface area contributed by atoms with E-state index >= 15 is 0 Å². The molecule has 50 heavy (non-hydrogen) atoms. The predicted molar refractivity (Wildman–Crippen MR) is 183 cm³/mol. The third kappa shape index (κ3) is 10.6. The third-order valence-electron chi connectivity index (χ3n) is 7.92. The number of aliphatic hydroxyl groups is 1. The molecule has 0 radical (unpaired) electrons. The summed E-state index contributed by atoms with van der Waals surface area (Å²) in [6.07, 6.45) is -5.25. The third-order valence-corrected chi connectivity index (χ3v) is 7.92. The number of urea groups is 1. The Kier molecular flexibility index (Phi) is 13.0. The minimum atomic E-state index is -2.34. The number of primary amides is 1. The number of nitrogens with one attached hydrogen (secondary N) is 5. The number of ether oxygens (including phenoxy) is 3. The van der Waals surface area contributed by atoms with E-state index in [4.69, 9.17) is 19.9 Å². The van der Waals surface area contributed by atoms with Crippen LogP contribution in [0.3, 0.4) is 0 Å². The zero-order valence-electron chi connectivity index (χ0n) is 27.7. The lowest BCUT2D eigenvalue weighted by Gasteiger charge is -2.44. The van der Waals surface area contributed by atoms with E-state index in [1.807, 2.05) is 6.92 Å². The molecule has 0 aliphatic heterocycles. The second kappa shape index (κ2) is 17.5. The maximum atomic E-state index is 13.8. The van der Waals surface area contributed by atoms with Crippen molar-refractivity contribution in [3.8, 4) is 5.75 Å². The van der Waals surface area contributed by atoms with Crippen molar-refractivity contribution in [2.75, 3.05) is 24.3 Å². The zero-order valence-corrected chi connectivity index (χ0v) is 27.7. The number of hydrogen-bond donors (Lipinski definition) is 7. The van der Waals surface area contributed by atoms with Crippen LogP contribution in [0.5, 0.6) is 5.75 Å². The van der Waals surface area contributed by atoms with Crippen LogP contribution in [-0.4, -0.2) is 78.7 Å². The standard InChI is InChI=1S/C35H42N6O9/c1-3-18-37-32(44)41-27-20-35(47,31(43)40-26(30(36)42)19-22-14-16-25(48-2)17-15-22)21-28(49-33(45)38-23-10-6-4-7-11-23)29(27)50-34(46)39-24-12-8-5-9-13-24/h4-17,26-29,47H,3,18-21H2,1-2H3,(H2,36,42)(H,38,45)(H,39,46)(H,40,43)(H2,37,41,44). The van der Waals surface area contributed by atoms with Crippen LogP contribution in [0, 0.1) is 0 Å². The number of methoxy groups -OCH3 is 1. The van der Waals surface area contributed by atoms with Gasteiger partial charge >= 0.3 is 18.2 Å². The van der Waals surface area contributed by atoms with Crippen LogP contribution in [0.4, 0.5) is 25.8 Å². The highest BCUT2D eigenvalue weighted by Crippen LogP contribution is 2.34. The first-order chi connectivity index (χ1) is 24.0. The minimum Gasteiger partial charge on any atom is -0.497 e. The molecular weight excluding hydrogens is 648 g/mol. The van der Waals surface area contributed by atoms with Crippen LogP contribution in [0.25, 0.3) is 0 Å². The predicted octanol–water partition coefficient (Wildman–Crippen LogP) is 3.05. The van der Waals surface area contributed by atoms with Crippen molar-refractivity contribution < 1.29 is 43.3 Å². The Balaban J connectivity index is 1.62. The summed E-state index contributed by atoms with van der Waals surface area (Å²) in [5, 5.41) is 24.8. The van der Waals surface area contributed by atoms with Crippen molar-refractivity contribution in [3.63, 3.8) is 0 Å². The highest BCUT2D eigenvalue weighted by molar-refractivity contribution is 5.91. The van der Waals surface area contributed by atoms with Gasteiger partial charge in [0.05, 0.1) is 13.2 Å². The first-order valence-electron chi connectivity index (χ1n) is 16.0. The Morgan fingerprint density at radius 2 is 1.44 bits per heavy atom. The SMILES string of the molecule is CCCNC(=O)NC1CC(O)(C(=O)NC(Cc2ccc(OC)cc2)C(N)=O)CC(OC(=O)Nc2ccccc2)C1OC(=O)Nc1ccccc1. The van der Waals surface area contributed by atoms with Gasteiger partial charge in [-0.25, -0.2) is 14.4 Å². The number of carbonyl (C=O) groups is 5. The van der Waals surface area contributed by atoms with E-state index in [-0.39, 0.29) is 6.42 Å². The van der Waals surface area contributed by atoms with Crippen LogP contribution < -0.4 is 37.1 Å². The first kappa shape index (κ1) is 37.0. The lowest BCUT2D eigenvalue weighted by atomic mass is 9.77. The molecule has 0 saturated heterocycles. The van der Waals surface area contributed by atoms with Crippen molar-refractivity contribution >= 4 is 41.4 Å². The molecule has 5 unspecified atom stereocenters. The lowest BCUT2D eigenvalue weighted by molar-refractivity contribution is -0.158. The molecule has 0 aromatic heterocycles. The second-order valence-electron chi connectivity index (χ2n) is 11.7. The Morgan fingerprint density at radius 3 is 1.98 bits per heavy atom. The van der Waals surface area contributed by atoms with Gasteiger partial charge in [0, 0.05) is 37.2 Å². The van der Waals surface area contributed by atoms with E-state index < -0.39 is 72.8 Å². The number of benzene rings is 3. The second-order valence-corrected chi connectivity index (χ2v) is 11.7. The maximum Gasteiger partial charge on any atom is 0.412 e. The average Bonchev–Trinajstić information content (AvgIpc) is 3.09. The summed E-state index contributed by atoms with van der Waals surface area (Å²) in [6.45, 7) is 2.15. The fraction of sp³-hybridized carbons (Fsp3) is 0.343. The summed E-state index contributed by atoms with van der Waals surface area (Å²) in [6, 6.07) is 20.3. The Morgan fingerprint density at radius 1 is 0.860 bits per heavy atom. The Bertz CT molecular complexity index is 1610. The number of nitrogens with two attached hydrogens (primary N) is 1. The summed E-state index contributed by atoms with van der Waals surface area (Å²) < 4.78 is 16.6. The van der Waals surface area contributed by atoms with Crippen molar-refractivity contribution in [1.82, 2.24) is 16.0 Å². The molecule has 0 bridgehead atoms. The topological polar surface area (TPSA) is 219 Å². The molecule has 8 N–H and O–H groups in total. The molecule has 15 heteroatoms. The molecule has 1 aliphatic rings. The van der Waals surface area contributed by atoms with Gasteiger partial charge in [-0.1, -0.05) is 55.5 Å². The Labute approximate surface area is 289 Å². The summed E-state index contributed by atoms with van der Waals surface area (Å²) >= 11 is 0. The monoisotopic (exact) mass is 690 g/mol. The average molecular weight is 691 g/mol. The summed E-state index contributed by atoms with van der Waals surface area (Å²) in [5.41, 5.74) is 4.74. The van der Waals surface area contributed by atoms with Gasteiger partial charge in [0.1, 0.15) is 23.5 Å². The van der Waals surface area contributed by atoms with Crippen molar-refractivity contribution in [2.24, 2.45) is 5.73 Å². The Hall–Kier alpha value is -5.83. The molecule has 15 nitrogen and oxygen atoms in total. The van der Waals surface area contributed by atoms with Gasteiger partial charge in [-0.3, -0.25) is 20.2 Å². The highest BCUT2D eigenvalue weighted by atomic mass is 16.6. The minimum absolute atomic E-state index is 0.00689. The number of hydrogen-bond acceptors (Lipinski definition) is 9. The quantitative estimate of drug-likeness (QED) is 0.140. The number of anilines is 2. The molecule has 1 fully saturated rings. The van der Waals surface area contributed by atoms with E-state index in [9.17, 15) is 29.1 Å². The smallest absolute Gasteiger partial charge is 0.412 e. The molecule has 3 aromatic rings. The van der Waals surface area contributed by atoms with Crippen molar-refractivity contribution in [2.45, 2.75) is 62.5 Å². The molecule has 1 aliphatic carbocycles. The van der Waals surface area contributed by atoms with Gasteiger partial charge < -0.3 is 41.0 Å². The van der Waals surface area contributed by atoms with E-state index in [2.05, 4.69) is 26.6 Å². The number of amides is 6. The number of para-hydroxylation sites is 2. The number of rotatable bonds is 13. The maximum absolute atomic E-state index is 13.8. The van der Waals surface area contributed by atoms with Crippen LogP contribution in [-0.2, 0) is 25.5 Å². The lowest BCUT2D eigenvalue weighted by Crippen LogP contribution is -2.66. The van der Waals surface area contributed by atoms with E-state index in [0.29, 0.717) is 35.7 Å². The van der Waals surface area contributed by atoms with E-state index in [1.165, 1.54) is 7.11 Å². The van der Waals surface area contributed by atoms with Gasteiger partial charge in [-0.15, -0.1) is 0 Å². The molecule has 3 aromatic carbocycles. The fourth-order valence-electron chi connectivity index (χ4n) is 5.43. The van der Waals surface area contributed by atoms with Crippen LogP contribution in [0.15, 0.2) is 84.9 Å². The van der Waals surface area contributed by atoms with Gasteiger partial charge in [0.25, 0.3) is 5.91 Å². The summed E-state index contributed by atoms with van der Waals surface area (Å²) in [5.74, 6) is -1.29. The zero-order chi connectivity index (χ0) is 36.1. The van der Waals surface area contributed by atoms with Crippen LogP contribution in [0.2, 0.25) is 0 Å². The number of carbonyl (C=O) groups excluding carboxylic acids is 5. The largest absolute Gasteiger partial charge is 0.497 e. The van der Waals surface area contributed by atoms with E-state index in [0.717, 1.165) is 0 Å². The van der Waals surface area contributed by atoms with Gasteiger partial charge in [-0.05, 0) is 48.4 Å². The molecule has 6 amide bonds. The van der Waals surface area contributed by atoms with Crippen molar-refractivity contribution in [1.29, 1.82) is 0 Å². The molecule has 1 saturated carbocycles. The molecular formula is C35H42N6O9. The molecule has 4 rings (SSSR count). The summed E-state index contributed by atoms with van der Waals surface area (Å²) in [4.78, 5) is 65.4.